The molecular formula is C10H11ClN2. The molecule has 0 aliphatic heterocycles. The molecule has 0 aromatic heterocycles. The lowest BCUT2D eigenvalue weighted by molar-refractivity contribution is 0.699. The molecule has 1 aromatic carbocycles. The molecule has 0 fully saturated rings. The van der Waals surface area contributed by atoms with Gasteiger partial charge >= 0.3 is 0 Å². The fourth-order valence-electron chi connectivity index (χ4n) is 1.09. The predicted molar refractivity (Wildman–Crippen MR) is 53.4 cm³/mol. The van der Waals surface area contributed by atoms with E-state index in [1.807, 2.05) is 19.1 Å². The summed E-state index contributed by atoms with van der Waals surface area (Å²) < 4.78 is 0. The van der Waals surface area contributed by atoms with Crippen LogP contribution in [0.4, 0.5) is 0 Å². The van der Waals surface area contributed by atoms with E-state index < -0.39 is 0 Å². The molecular weight excluding hydrogens is 184 g/mol. The lowest BCUT2D eigenvalue weighted by Gasteiger charge is -2.09. The second kappa shape index (κ2) is 4.27. The van der Waals surface area contributed by atoms with Gasteiger partial charge in [0.15, 0.2) is 0 Å². The van der Waals surface area contributed by atoms with Crippen LogP contribution in [0.25, 0.3) is 0 Å². The average molecular weight is 195 g/mol. The molecule has 2 nitrogen and oxygen atoms in total. The topological polar surface area (TPSA) is 49.8 Å². The molecule has 0 bridgehead atoms. The summed E-state index contributed by atoms with van der Waals surface area (Å²) in [6.45, 7) is 2.01. The van der Waals surface area contributed by atoms with Crippen molar-refractivity contribution in [3.63, 3.8) is 0 Å². The highest BCUT2D eigenvalue weighted by Gasteiger charge is 2.05. The first-order valence-corrected chi connectivity index (χ1v) is 4.52. The molecule has 0 spiro atoms. The number of rotatable bonds is 2. The van der Waals surface area contributed by atoms with Gasteiger partial charge in [-0.1, -0.05) is 24.6 Å². The van der Waals surface area contributed by atoms with E-state index in [1.54, 1.807) is 12.1 Å². The van der Waals surface area contributed by atoms with Crippen molar-refractivity contribution in [1.29, 1.82) is 5.26 Å². The van der Waals surface area contributed by atoms with E-state index in [-0.39, 0.29) is 6.04 Å². The van der Waals surface area contributed by atoms with E-state index >= 15 is 0 Å². The molecule has 68 valence electrons. The van der Waals surface area contributed by atoms with Crippen molar-refractivity contribution < 1.29 is 0 Å². The molecule has 0 saturated carbocycles. The zero-order chi connectivity index (χ0) is 9.84. The minimum atomic E-state index is 0.00485. The first-order chi connectivity index (χ1) is 6.19. The minimum Gasteiger partial charge on any atom is -0.324 e. The molecule has 1 aromatic rings. The van der Waals surface area contributed by atoms with Gasteiger partial charge in [0.05, 0.1) is 10.6 Å². The smallest absolute Gasteiger partial charge is 0.101 e. The van der Waals surface area contributed by atoms with E-state index in [1.165, 1.54) is 0 Å². The van der Waals surface area contributed by atoms with Gasteiger partial charge in [0.25, 0.3) is 0 Å². The number of nitrogens with zero attached hydrogens (tertiary/aromatic N) is 1. The van der Waals surface area contributed by atoms with Crippen molar-refractivity contribution in [3.8, 4) is 6.07 Å². The maximum absolute atomic E-state index is 8.64. The number of hydrogen-bond acceptors (Lipinski definition) is 2. The van der Waals surface area contributed by atoms with Crippen molar-refractivity contribution >= 4 is 11.6 Å². The zero-order valence-corrected chi connectivity index (χ0v) is 8.17. The van der Waals surface area contributed by atoms with Gasteiger partial charge in [0, 0.05) is 6.04 Å². The Balaban J connectivity index is 3.04. The molecule has 0 heterocycles. The highest BCUT2D eigenvalue weighted by molar-refractivity contribution is 6.31. The van der Waals surface area contributed by atoms with Crippen molar-refractivity contribution in [2.24, 2.45) is 5.73 Å². The maximum Gasteiger partial charge on any atom is 0.101 e. The van der Waals surface area contributed by atoms with Crippen LogP contribution in [0.3, 0.4) is 0 Å². The van der Waals surface area contributed by atoms with E-state index in [0.717, 1.165) is 12.0 Å². The maximum atomic E-state index is 8.64. The first kappa shape index (κ1) is 10.0. The number of hydrogen-bond donors (Lipinski definition) is 1. The molecule has 3 heteroatoms. The first-order valence-electron chi connectivity index (χ1n) is 4.14. The van der Waals surface area contributed by atoms with Crippen LogP contribution in [0.5, 0.6) is 0 Å². The summed E-state index contributed by atoms with van der Waals surface area (Å²) in [4.78, 5) is 0. The average Bonchev–Trinajstić information content (AvgIpc) is 2.16. The fourth-order valence-corrected chi connectivity index (χ4v) is 1.32. The van der Waals surface area contributed by atoms with Crippen molar-refractivity contribution in [2.75, 3.05) is 0 Å². The van der Waals surface area contributed by atoms with Crippen LogP contribution in [0.15, 0.2) is 18.2 Å². The van der Waals surface area contributed by atoms with E-state index in [4.69, 9.17) is 22.6 Å². The molecule has 0 aliphatic rings. The summed E-state index contributed by atoms with van der Waals surface area (Å²) in [6, 6.07) is 7.32. The Morgan fingerprint density at radius 3 is 2.77 bits per heavy atom. The number of benzene rings is 1. The van der Waals surface area contributed by atoms with Crippen LogP contribution in [0.2, 0.25) is 5.02 Å². The Hall–Kier alpha value is -1.04. The molecule has 1 rings (SSSR count). The van der Waals surface area contributed by atoms with Crippen LogP contribution < -0.4 is 5.73 Å². The third kappa shape index (κ3) is 2.21. The van der Waals surface area contributed by atoms with Crippen LogP contribution in [0, 0.1) is 11.3 Å². The molecule has 0 saturated heterocycles. The van der Waals surface area contributed by atoms with Crippen LogP contribution in [0.1, 0.15) is 30.5 Å². The van der Waals surface area contributed by atoms with Gasteiger partial charge in [-0.15, -0.1) is 0 Å². The van der Waals surface area contributed by atoms with E-state index in [9.17, 15) is 0 Å². The molecule has 0 amide bonds. The van der Waals surface area contributed by atoms with Gasteiger partial charge in [-0.25, -0.2) is 0 Å². The Morgan fingerprint density at radius 1 is 1.62 bits per heavy atom. The number of halogens is 1. The summed E-state index contributed by atoms with van der Waals surface area (Å²) in [6.07, 6.45) is 0.863. The van der Waals surface area contributed by atoms with Crippen molar-refractivity contribution in [1.82, 2.24) is 0 Å². The Labute approximate surface area is 82.9 Å². The van der Waals surface area contributed by atoms with Gasteiger partial charge in [-0.05, 0) is 24.1 Å². The lowest BCUT2D eigenvalue weighted by atomic mass is 10.0. The highest BCUT2D eigenvalue weighted by atomic mass is 35.5. The Morgan fingerprint density at radius 2 is 2.31 bits per heavy atom. The largest absolute Gasteiger partial charge is 0.324 e. The third-order valence-electron chi connectivity index (χ3n) is 1.98. The quantitative estimate of drug-likeness (QED) is 0.787. The second-order valence-electron chi connectivity index (χ2n) is 2.87. The van der Waals surface area contributed by atoms with Crippen molar-refractivity contribution in [2.45, 2.75) is 19.4 Å². The van der Waals surface area contributed by atoms with Crippen LogP contribution in [-0.2, 0) is 0 Å². The molecule has 2 N–H and O–H groups in total. The fraction of sp³-hybridized carbons (Fsp3) is 0.300. The standard InChI is InChI=1S/C10H11ClN2/c1-2-10(13)7-3-4-8(6-12)9(11)5-7/h3-5,10H,2,13H2,1H3/t10-/m1/s1. The lowest BCUT2D eigenvalue weighted by Crippen LogP contribution is -2.08. The van der Waals surface area contributed by atoms with Gasteiger partial charge < -0.3 is 5.73 Å². The SMILES string of the molecule is CC[C@@H](N)c1ccc(C#N)c(Cl)c1. The molecule has 1 atom stereocenters. The number of nitriles is 1. The number of nitrogens with two attached hydrogens (primary N) is 1. The van der Waals surface area contributed by atoms with Crippen LogP contribution in [-0.4, -0.2) is 0 Å². The summed E-state index contributed by atoms with van der Waals surface area (Å²) >= 11 is 5.85. The van der Waals surface area contributed by atoms with Gasteiger partial charge in [0.2, 0.25) is 0 Å². The normalized spacial score (nSPS) is 12.2. The molecule has 0 aliphatic carbocycles. The van der Waals surface area contributed by atoms with Gasteiger partial charge in [-0.2, -0.15) is 5.26 Å². The Bertz CT molecular complexity index is 341. The van der Waals surface area contributed by atoms with Gasteiger partial charge in [0.1, 0.15) is 6.07 Å². The Kier molecular flexibility index (Phi) is 3.30. The summed E-state index contributed by atoms with van der Waals surface area (Å²) in [5, 5.41) is 9.12. The minimum absolute atomic E-state index is 0.00485. The van der Waals surface area contributed by atoms with E-state index in [0.29, 0.717) is 10.6 Å². The summed E-state index contributed by atoms with van der Waals surface area (Å²) in [5.41, 5.74) is 7.29. The molecule has 0 unspecified atom stereocenters. The summed E-state index contributed by atoms with van der Waals surface area (Å²) in [5.74, 6) is 0. The highest BCUT2D eigenvalue weighted by Crippen LogP contribution is 2.21. The van der Waals surface area contributed by atoms with Gasteiger partial charge in [-0.3, -0.25) is 0 Å². The third-order valence-corrected chi connectivity index (χ3v) is 2.29. The second-order valence-corrected chi connectivity index (χ2v) is 3.27. The zero-order valence-electron chi connectivity index (χ0n) is 7.42. The molecule has 13 heavy (non-hydrogen) atoms. The predicted octanol–water partition coefficient (Wildman–Crippen LogP) is 2.62. The monoisotopic (exact) mass is 194 g/mol. The molecule has 0 radical (unpaired) electrons. The van der Waals surface area contributed by atoms with Crippen molar-refractivity contribution in [3.05, 3.63) is 34.3 Å². The summed E-state index contributed by atoms with van der Waals surface area (Å²) in [7, 11) is 0. The van der Waals surface area contributed by atoms with Crippen LogP contribution >= 0.6 is 11.6 Å². The van der Waals surface area contributed by atoms with E-state index in [2.05, 4.69) is 0 Å².